The van der Waals surface area contributed by atoms with Gasteiger partial charge < -0.3 is 19.1 Å². The van der Waals surface area contributed by atoms with E-state index < -0.39 is 0 Å². The Labute approximate surface area is 221 Å². The molecule has 6 heteroatoms. The topological polar surface area (TPSA) is 65.1 Å². The molecule has 0 saturated carbocycles. The molecule has 0 fully saturated rings. The van der Waals surface area contributed by atoms with Gasteiger partial charge in [-0.1, -0.05) is 24.3 Å². The van der Waals surface area contributed by atoms with Crippen LogP contribution in [0.3, 0.4) is 0 Å². The van der Waals surface area contributed by atoms with Crippen LogP contribution >= 0.6 is 0 Å². The second-order valence-electron chi connectivity index (χ2n) is 8.71. The van der Waals surface area contributed by atoms with Crippen LogP contribution in [0.1, 0.15) is 34.0 Å². The van der Waals surface area contributed by atoms with Crippen LogP contribution in [0.2, 0.25) is 0 Å². The van der Waals surface area contributed by atoms with Crippen molar-refractivity contribution in [1.29, 1.82) is 0 Å². The predicted octanol–water partition coefficient (Wildman–Crippen LogP) is 6.13. The number of allylic oxidation sites excluding steroid dienone is 4. The number of esters is 1. The molecule has 6 nitrogen and oxygen atoms in total. The van der Waals surface area contributed by atoms with Crippen molar-refractivity contribution >= 4 is 29.1 Å². The van der Waals surface area contributed by atoms with Crippen molar-refractivity contribution in [3.63, 3.8) is 0 Å². The minimum absolute atomic E-state index is 0.0612. The monoisotopic (exact) mass is 505 g/mol. The van der Waals surface area contributed by atoms with Gasteiger partial charge >= 0.3 is 5.97 Å². The maximum Gasteiger partial charge on any atom is 0.338 e. The number of hydrogen-bond donors (Lipinski definition) is 0. The van der Waals surface area contributed by atoms with Gasteiger partial charge in [0.2, 0.25) is 5.78 Å². The highest BCUT2D eigenvalue weighted by Crippen LogP contribution is 2.43. The Kier molecular flexibility index (Phi) is 6.96. The average Bonchev–Trinajstić information content (AvgIpc) is 3.25. The molecule has 0 N–H and O–H groups in total. The summed E-state index contributed by atoms with van der Waals surface area (Å²) in [5, 5.41) is 0. The Morgan fingerprint density at radius 1 is 0.842 bits per heavy atom. The number of Topliss-reactive ketones (excluding diaryl/α,β-unsaturated/α-hetero) is 1. The first-order valence-electron chi connectivity index (χ1n) is 12.3. The van der Waals surface area contributed by atoms with Gasteiger partial charge in [-0.2, -0.15) is 0 Å². The molecule has 0 radical (unpaired) electrons. The highest BCUT2D eigenvalue weighted by atomic mass is 16.5. The Hall–Kier alpha value is -4.84. The summed E-state index contributed by atoms with van der Waals surface area (Å²) < 4.78 is 15.7. The summed E-state index contributed by atoms with van der Waals surface area (Å²) in [4.78, 5) is 27.7. The second kappa shape index (κ2) is 10.6. The van der Waals surface area contributed by atoms with Crippen LogP contribution in [0.15, 0.2) is 102 Å². The molecule has 3 aromatic rings. The number of nitrogens with zero attached hydrogens (tertiary/aromatic N) is 1. The Morgan fingerprint density at radius 3 is 2.03 bits per heavy atom. The minimum Gasteiger partial charge on any atom is -0.497 e. The van der Waals surface area contributed by atoms with Gasteiger partial charge in [0.25, 0.3) is 0 Å². The summed E-state index contributed by atoms with van der Waals surface area (Å²) in [5.41, 5.74) is 5.99. The summed E-state index contributed by atoms with van der Waals surface area (Å²) in [6.07, 6.45) is 7.75. The molecule has 5 rings (SSSR count). The molecular weight excluding hydrogens is 478 g/mol. The number of fused-ring (bicyclic) bond motifs is 1. The third-order valence-electron chi connectivity index (χ3n) is 6.41. The van der Waals surface area contributed by atoms with Crippen LogP contribution in [0.4, 0.5) is 0 Å². The van der Waals surface area contributed by atoms with Crippen molar-refractivity contribution in [3.8, 4) is 11.5 Å². The lowest BCUT2D eigenvalue weighted by Crippen LogP contribution is -2.15. The van der Waals surface area contributed by atoms with Gasteiger partial charge in [-0.05, 0) is 95.9 Å². The van der Waals surface area contributed by atoms with Crippen molar-refractivity contribution < 1.29 is 23.8 Å². The van der Waals surface area contributed by atoms with E-state index in [1.807, 2.05) is 90.0 Å². The third-order valence-corrected chi connectivity index (χ3v) is 6.41. The zero-order valence-corrected chi connectivity index (χ0v) is 21.4. The van der Waals surface area contributed by atoms with Gasteiger partial charge in [-0.3, -0.25) is 4.79 Å². The first-order chi connectivity index (χ1) is 18.5. The molecule has 3 aromatic carbocycles. The number of methoxy groups -OCH3 is 2. The quantitative estimate of drug-likeness (QED) is 0.360. The van der Waals surface area contributed by atoms with Crippen LogP contribution in [-0.4, -0.2) is 37.5 Å². The smallest absolute Gasteiger partial charge is 0.338 e. The van der Waals surface area contributed by atoms with Crippen molar-refractivity contribution in [2.24, 2.45) is 0 Å². The lowest BCUT2D eigenvalue weighted by atomic mass is 9.97. The molecule has 0 aromatic heterocycles. The average molecular weight is 506 g/mol. The van der Waals surface area contributed by atoms with E-state index >= 15 is 0 Å². The van der Waals surface area contributed by atoms with Gasteiger partial charge in [0.15, 0.2) is 0 Å². The van der Waals surface area contributed by atoms with E-state index in [2.05, 4.69) is 0 Å². The molecule has 0 unspecified atom stereocenters. The molecule has 0 amide bonds. The van der Waals surface area contributed by atoms with Crippen molar-refractivity contribution in [2.75, 3.05) is 20.8 Å². The van der Waals surface area contributed by atoms with Gasteiger partial charge in [-0.25, -0.2) is 4.79 Å². The van der Waals surface area contributed by atoms with E-state index in [0.29, 0.717) is 23.4 Å². The van der Waals surface area contributed by atoms with E-state index in [0.717, 1.165) is 39.5 Å². The molecule has 190 valence electrons. The molecule has 0 atom stereocenters. The van der Waals surface area contributed by atoms with Gasteiger partial charge in [-0.15, -0.1) is 0 Å². The van der Waals surface area contributed by atoms with Crippen LogP contribution in [0.25, 0.3) is 17.3 Å². The number of carbonyl (C=O) groups is 2. The molecule has 0 bridgehead atoms. The molecule has 2 heterocycles. The normalized spacial score (nSPS) is 15.4. The zero-order chi connectivity index (χ0) is 26.6. The molecule has 0 spiro atoms. The molecule has 38 heavy (non-hydrogen) atoms. The van der Waals surface area contributed by atoms with E-state index in [1.54, 1.807) is 33.3 Å². The Morgan fingerprint density at radius 2 is 1.45 bits per heavy atom. The molecule has 2 aliphatic heterocycles. The van der Waals surface area contributed by atoms with E-state index in [1.165, 1.54) is 0 Å². The fourth-order valence-electron chi connectivity index (χ4n) is 4.51. The minimum atomic E-state index is -0.346. The first kappa shape index (κ1) is 24.8. The number of carbonyl (C=O) groups excluding carboxylic acids is 2. The molecule has 0 saturated heterocycles. The van der Waals surface area contributed by atoms with E-state index in [4.69, 9.17) is 14.2 Å². The standard InChI is InChI=1S/C32H27NO5/c1-4-38-32(35)25-7-5-21(6-8-25)19-22-17-18-33-28(20-22)31(34)29(23-9-13-26(36-2)14-10-23)30(33)24-11-15-27(37-3)16-12-24/h5-20H,4H2,1-3H3. The van der Waals surface area contributed by atoms with Crippen molar-refractivity contribution in [3.05, 3.63) is 125 Å². The number of rotatable bonds is 7. The maximum absolute atomic E-state index is 13.8. The summed E-state index contributed by atoms with van der Waals surface area (Å²) in [6.45, 7) is 2.11. The lowest BCUT2D eigenvalue weighted by molar-refractivity contribution is -0.110. The highest BCUT2D eigenvalue weighted by Gasteiger charge is 2.36. The number of ketones is 1. The highest BCUT2D eigenvalue weighted by molar-refractivity contribution is 6.38. The molecule has 2 aliphatic rings. The fraction of sp³-hybridized carbons (Fsp3) is 0.125. The molecule has 0 aliphatic carbocycles. The number of hydrogen-bond acceptors (Lipinski definition) is 6. The Bertz CT molecular complexity index is 1490. The molecular formula is C32H27NO5. The third kappa shape index (κ3) is 4.76. The first-order valence-corrected chi connectivity index (χ1v) is 12.3. The fourth-order valence-corrected chi connectivity index (χ4v) is 4.51. The number of benzene rings is 3. The predicted molar refractivity (Wildman–Crippen MR) is 147 cm³/mol. The Balaban J connectivity index is 1.52. The van der Waals surface area contributed by atoms with Gasteiger partial charge in [0.05, 0.1) is 43.4 Å². The van der Waals surface area contributed by atoms with Crippen LogP contribution in [0, 0.1) is 0 Å². The van der Waals surface area contributed by atoms with Crippen LogP contribution < -0.4 is 9.47 Å². The maximum atomic E-state index is 13.8. The second-order valence-corrected chi connectivity index (χ2v) is 8.71. The number of ether oxygens (including phenoxy) is 3. The van der Waals surface area contributed by atoms with E-state index in [-0.39, 0.29) is 11.8 Å². The zero-order valence-electron chi connectivity index (χ0n) is 21.4. The SMILES string of the molecule is CCOC(=O)c1ccc(C=C2C=CN3C(=C2)C(=O)C(c2ccc(OC)cc2)=C3c2ccc(OC)cc2)cc1. The van der Waals surface area contributed by atoms with Gasteiger partial charge in [0, 0.05) is 6.20 Å². The van der Waals surface area contributed by atoms with Crippen LogP contribution in [-0.2, 0) is 9.53 Å². The van der Waals surface area contributed by atoms with Crippen molar-refractivity contribution in [1.82, 2.24) is 4.90 Å². The summed E-state index contributed by atoms with van der Waals surface area (Å²) >= 11 is 0. The lowest BCUT2D eigenvalue weighted by Gasteiger charge is -2.22. The summed E-state index contributed by atoms with van der Waals surface area (Å²) in [6, 6.07) is 22.4. The largest absolute Gasteiger partial charge is 0.497 e. The van der Waals surface area contributed by atoms with Crippen molar-refractivity contribution in [2.45, 2.75) is 6.92 Å². The summed E-state index contributed by atoms with van der Waals surface area (Å²) in [7, 11) is 3.24. The summed E-state index contributed by atoms with van der Waals surface area (Å²) in [5.74, 6) is 1.06. The van der Waals surface area contributed by atoms with Gasteiger partial charge in [0.1, 0.15) is 11.5 Å². The van der Waals surface area contributed by atoms with E-state index in [9.17, 15) is 9.59 Å². The van der Waals surface area contributed by atoms with Crippen LogP contribution in [0.5, 0.6) is 11.5 Å².